The van der Waals surface area contributed by atoms with Crippen molar-refractivity contribution in [2.75, 3.05) is 18.4 Å². The number of carbonyl (C=O) groups excluding carboxylic acids is 1. The number of anilines is 1. The first-order valence-corrected chi connectivity index (χ1v) is 12.9. The van der Waals surface area contributed by atoms with Gasteiger partial charge in [-0.2, -0.15) is 4.31 Å². The van der Waals surface area contributed by atoms with Gasteiger partial charge in [0.15, 0.2) is 0 Å². The number of rotatable bonds is 6. The molecule has 166 valence electrons. The third-order valence-electron chi connectivity index (χ3n) is 5.53. The van der Waals surface area contributed by atoms with Crippen LogP contribution in [0.4, 0.5) is 5.69 Å². The predicted molar refractivity (Wildman–Crippen MR) is 128 cm³/mol. The van der Waals surface area contributed by atoms with E-state index in [1.807, 2.05) is 61.5 Å². The van der Waals surface area contributed by atoms with Gasteiger partial charge >= 0.3 is 0 Å². The summed E-state index contributed by atoms with van der Waals surface area (Å²) in [7, 11) is -3.62. The van der Waals surface area contributed by atoms with Crippen LogP contribution in [0.25, 0.3) is 0 Å². The molecule has 1 atom stereocenters. The molecule has 5 nitrogen and oxygen atoms in total. The van der Waals surface area contributed by atoms with Gasteiger partial charge in [0.05, 0.1) is 16.5 Å². The molecule has 3 aromatic rings. The number of aryl methyl sites for hydroxylation is 1. The highest BCUT2D eigenvalue weighted by molar-refractivity contribution is 7.99. The number of nitrogens with one attached hydrogen (secondary N) is 1. The van der Waals surface area contributed by atoms with Gasteiger partial charge in [-0.15, -0.1) is 0 Å². The Morgan fingerprint density at radius 1 is 0.969 bits per heavy atom. The van der Waals surface area contributed by atoms with Crippen molar-refractivity contribution in [1.82, 2.24) is 4.31 Å². The topological polar surface area (TPSA) is 66.5 Å². The van der Waals surface area contributed by atoms with Gasteiger partial charge in [-0.05, 0) is 56.2 Å². The lowest BCUT2D eigenvalue weighted by atomic mass is 9.99. The average molecular weight is 467 g/mol. The zero-order chi connectivity index (χ0) is 22.6. The molecule has 1 aliphatic rings. The number of amides is 1. The number of carbonyl (C=O) groups is 1. The molecule has 0 unspecified atom stereocenters. The van der Waals surface area contributed by atoms with Crippen LogP contribution in [0, 0.1) is 12.8 Å². The number of hydrogen-bond acceptors (Lipinski definition) is 4. The van der Waals surface area contributed by atoms with Crippen LogP contribution in [0.5, 0.6) is 0 Å². The van der Waals surface area contributed by atoms with E-state index < -0.39 is 15.9 Å². The smallest absolute Gasteiger partial charge is 0.243 e. The van der Waals surface area contributed by atoms with E-state index in [0.717, 1.165) is 21.0 Å². The van der Waals surface area contributed by atoms with Gasteiger partial charge in [-0.3, -0.25) is 4.79 Å². The highest BCUT2D eigenvalue weighted by atomic mass is 32.2. The number of hydrogen-bond donors (Lipinski definition) is 1. The summed E-state index contributed by atoms with van der Waals surface area (Å²) in [5.41, 5.74) is 1.75. The third-order valence-corrected chi connectivity index (χ3v) is 8.49. The van der Waals surface area contributed by atoms with Crippen LogP contribution in [0.2, 0.25) is 0 Å². The Labute approximate surface area is 193 Å². The second-order valence-corrected chi connectivity index (χ2v) is 11.0. The van der Waals surface area contributed by atoms with E-state index in [4.69, 9.17) is 0 Å². The minimum absolute atomic E-state index is 0.144. The molecule has 1 heterocycles. The molecule has 7 heteroatoms. The first kappa shape index (κ1) is 22.6. The van der Waals surface area contributed by atoms with Gasteiger partial charge < -0.3 is 5.32 Å². The summed E-state index contributed by atoms with van der Waals surface area (Å²) >= 11 is 1.59. The number of piperidine rings is 1. The van der Waals surface area contributed by atoms with Gasteiger partial charge in [-0.1, -0.05) is 59.8 Å². The van der Waals surface area contributed by atoms with Crippen LogP contribution >= 0.6 is 11.8 Å². The first-order valence-electron chi connectivity index (χ1n) is 10.6. The predicted octanol–water partition coefficient (Wildman–Crippen LogP) is 5.19. The van der Waals surface area contributed by atoms with Crippen molar-refractivity contribution in [3.8, 4) is 0 Å². The van der Waals surface area contributed by atoms with Crippen molar-refractivity contribution >= 4 is 33.4 Å². The van der Waals surface area contributed by atoms with E-state index >= 15 is 0 Å². The molecule has 1 fully saturated rings. The molecule has 0 radical (unpaired) electrons. The molecule has 0 bridgehead atoms. The zero-order valence-electron chi connectivity index (χ0n) is 17.9. The summed E-state index contributed by atoms with van der Waals surface area (Å²) in [5.74, 6) is -0.534. The number of sulfonamides is 1. The minimum Gasteiger partial charge on any atom is -0.325 e. The maximum Gasteiger partial charge on any atom is 0.243 e. The molecule has 0 aromatic heterocycles. The van der Waals surface area contributed by atoms with E-state index in [1.54, 1.807) is 36.0 Å². The van der Waals surface area contributed by atoms with Gasteiger partial charge in [-0.25, -0.2) is 8.42 Å². The van der Waals surface area contributed by atoms with Crippen LogP contribution in [0.3, 0.4) is 0 Å². The summed E-state index contributed by atoms with van der Waals surface area (Å²) in [4.78, 5) is 15.4. The van der Waals surface area contributed by atoms with Crippen molar-refractivity contribution in [2.45, 2.75) is 34.5 Å². The lowest BCUT2D eigenvalue weighted by molar-refractivity contribution is -0.120. The van der Waals surface area contributed by atoms with Crippen molar-refractivity contribution < 1.29 is 13.2 Å². The largest absolute Gasteiger partial charge is 0.325 e. The van der Waals surface area contributed by atoms with E-state index in [2.05, 4.69) is 5.32 Å². The minimum atomic E-state index is -3.62. The number of benzene rings is 3. The van der Waals surface area contributed by atoms with Gasteiger partial charge in [0.1, 0.15) is 0 Å². The molecule has 1 amide bonds. The molecular formula is C25H26N2O3S2. The molecule has 4 rings (SSSR count). The summed E-state index contributed by atoms with van der Waals surface area (Å²) in [5, 5.41) is 3.04. The molecule has 1 N–H and O–H groups in total. The molecule has 0 saturated carbocycles. The van der Waals surface area contributed by atoms with Crippen LogP contribution < -0.4 is 5.32 Å². The molecule has 0 aliphatic carbocycles. The standard InChI is InChI=1S/C25H26N2O3S2/c1-19-13-15-22(16-14-19)32(29,30)27-17-7-8-20(18-27)25(28)26-23-11-5-6-12-24(23)31-21-9-3-2-4-10-21/h2-6,9-16,20H,7-8,17-18H2,1H3,(H,26,28)/t20-/m0/s1. The van der Waals surface area contributed by atoms with Crippen molar-refractivity contribution in [2.24, 2.45) is 5.92 Å². The summed E-state index contributed by atoms with van der Waals surface area (Å²) in [6, 6.07) is 24.5. The zero-order valence-corrected chi connectivity index (χ0v) is 19.5. The SMILES string of the molecule is Cc1ccc(S(=O)(=O)N2CCC[C@H](C(=O)Nc3ccccc3Sc3ccccc3)C2)cc1. The van der Waals surface area contributed by atoms with Gasteiger partial charge in [0.2, 0.25) is 15.9 Å². The molecule has 32 heavy (non-hydrogen) atoms. The van der Waals surface area contributed by atoms with E-state index in [9.17, 15) is 13.2 Å². The highest BCUT2D eigenvalue weighted by Gasteiger charge is 2.33. The summed E-state index contributed by atoms with van der Waals surface area (Å²) < 4.78 is 27.6. The normalized spacial score (nSPS) is 17.1. The Bertz CT molecular complexity index is 1180. The Balaban J connectivity index is 1.47. The fourth-order valence-electron chi connectivity index (χ4n) is 3.74. The lowest BCUT2D eigenvalue weighted by Gasteiger charge is -2.31. The van der Waals surface area contributed by atoms with Crippen molar-refractivity contribution in [1.29, 1.82) is 0 Å². The lowest BCUT2D eigenvalue weighted by Crippen LogP contribution is -2.43. The van der Waals surface area contributed by atoms with Crippen LogP contribution in [0.15, 0.2) is 93.5 Å². The highest BCUT2D eigenvalue weighted by Crippen LogP contribution is 2.34. The molecule has 1 saturated heterocycles. The molecule has 1 aliphatic heterocycles. The number of para-hydroxylation sites is 1. The second kappa shape index (κ2) is 9.90. The van der Waals surface area contributed by atoms with Crippen LogP contribution in [-0.2, 0) is 14.8 Å². The Kier molecular flexibility index (Phi) is 6.98. The Morgan fingerprint density at radius 3 is 2.41 bits per heavy atom. The van der Waals surface area contributed by atoms with Gasteiger partial charge in [0.25, 0.3) is 0 Å². The molecule has 3 aromatic carbocycles. The average Bonchev–Trinajstić information content (AvgIpc) is 2.81. The fraction of sp³-hybridized carbons (Fsp3) is 0.240. The number of nitrogens with zero attached hydrogens (tertiary/aromatic N) is 1. The van der Waals surface area contributed by atoms with Crippen molar-refractivity contribution in [3.05, 3.63) is 84.4 Å². The summed E-state index contributed by atoms with van der Waals surface area (Å²) in [6.07, 6.45) is 1.32. The monoisotopic (exact) mass is 466 g/mol. The van der Waals surface area contributed by atoms with E-state index in [-0.39, 0.29) is 17.3 Å². The quantitative estimate of drug-likeness (QED) is 0.543. The molecular weight excluding hydrogens is 440 g/mol. The van der Waals surface area contributed by atoms with Gasteiger partial charge in [0, 0.05) is 22.9 Å². The van der Waals surface area contributed by atoms with Crippen LogP contribution in [-0.4, -0.2) is 31.7 Å². The molecule has 0 spiro atoms. The van der Waals surface area contributed by atoms with E-state index in [0.29, 0.717) is 19.4 Å². The fourth-order valence-corrected chi connectivity index (χ4v) is 6.19. The Hall–Kier alpha value is -2.61. The van der Waals surface area contributed by atoms with Crippen LogP contribution in [0.1, 0.15) is 18.4 Å². The van der Waals surface area contributed by atoms with E-state index in [1.165, 1.54) is 4.31 Å². The Morgan fingerprint density at radius 2 is 1.66 bits per heavy atom. The second-order valence-electron chi connectivity index (χ2n) is 7.92. The maximum atomic E-state index is 13.1. The maximum absolute atomic E-state index is 13.1. The van der Waals surface area contributed by atoms with Crippen molar-refractivity contribution in [3.63, 3.8) is 0 Å². The summed E-state index contributed by atoms with van der Waals surface area (Å²) in [6.45, 7) is 2.54. The first-order chi connectivity index (χ1) is 15.4. The third kappa shape index (κ3) is 5.23.